The maximum absolute atomic E-state index is 12.4. The van der Waals surface area contributed by atoms with Crippen LogP contribution in [0, 0.1) is 0 Å². The first-order chi connectivity index (χ1) is 12.2. The molecule has 0 N–H and O–H groups in total. The number of rotatable bonds is 6. The minimum atomic E-state index is -3.37. The van der Waals surface area contributed by atoms with E-state index in [-0.39, 0.29) is 31.2 Å². The monoisotopic (exact) mass is 423 g/mol. The molecule has 0 unspecified atom stereocenters. The van der Waals surface area contributed by atoms with Crippen molar-refractivity contribution in [1.29, 1.82) is 0 Å². The van der Waals surface area contributed by atoms with E-state index in [0.717, 1.165) is 7.11 Å². The van der Waals surface area contributed by atoms with Crippen molar-refractivity contribution >= 4 is 44.9 Å². The fraction of sp³-hybridized carbons (Fsp3) is 0.500. The first kappa shape index (κ1) is 20.8. The number of sulfone groups is 1. The van der Waals surface area contributed by atoms with Crippen molar-refractivity contribution in [2.24, 2.45) is 0 Å². The minimum Gasteiger partial charge on any atom is -0.492 e. The molecule has 26 heavy (non-hydrogen) atoms. The lowest BCUT2D eigenvalue weighted by molar-refractivity contribution is -0.152. The molecule has 0 aliphatic carbocycles. The van der Waals surface area contributed by atoms with Crippen LogP contribution in [-0.2, 0) is 24.2 Å². The maximum atomic E-state index is 12.4. The van der Waals surface area contributed by atoms with Crippen LogP contribution in [0.5, 0.6) is 5.75 Å². The second-order valence-corrected chi connectivity index (χ2v) is 8.84. The van der Waals surface area contributed by atoms with E-state index in [9.17, 15) is 18.0 Å². The molecule has 0 aromatic heterocycles. The van der Waals surface area contributed by atoms with Crippen molar-refractivity contribution in [1.82, 2.24) is 4.90 Å². The van der Waals surface area contributed by atoms with Gasteiger partial charge >= 0.3 is 5.97 Å². The van der Waals surface area contributed by atoms with E-state index < -0.39 is 27.6 Å². The van der Waals surface area contributed by atoms with E-state index in [1.165, 1.54) is 4.90 Å². The zero-order valence-corrected chi connectivity index (χ0v) is 16.4. The zero-order chi connectivity index (χ0) is 19.3. The Morgan fingerprint density at radius 1 is 1.31 bits per heavy atom. The SMILES string of the molecule is COC(=O)[C@H]1CS(=O)(=O)CCN1C(=O)CCCOc1ccc(Cl)cc1Cl. The van der Waals surface area contributed by atoms with Gasteiger partial charge in [-0.25, -0.2) is 13.2 Å². The molecule has 0 saturated carbocycles. The summed E-state index contributed by atoms with van der Waals surface area (Å²) in [7, 11) is -2.21. The average molecular weight is 424 g/mol. The first-order valence-corrected chi connectivity index (χ1v) is 10.5. The van der Waals surface area contributed by atoms with Crippen LogP contribution in [0.2, 0.25) is 10.0 Å². The molecule has 7 nitrogen and oxygen atoms in total. The number of hydrogen-bond acceptors (Lipinski definition) is 6. The van der Waals surface area contributed by atoms with Gasteiger partial charge in [0.25, 0.3) is 0 Å². The number of methoxy groups -OCH3 is 1. The second-order valence-electron chi connectivity index (χ2n) is 5.77. The Balaban J connectivity index is 1.88. The Morgan fingerprint density at radius 2 is 2.04 bits per heavy atom. The molecule has 1 fully saturated rings. The normalized spacial score (nSPS) is 19.0. The number of hydrogen-bond donors (Lipinski definition) is 0. The molecular formula is C16H19Cl2NO6S. The molecule has 1 heterocycles. The molecule has 1 aliphatic rings. The Bertz CT molecular complexity index is 783. The van der Waals surface area contributed by atoms with Gasteiger partial charge in [-0.3, -0.25) is 4.79 Å². The molecule has 0 bridgehead atoms. The van der Waals surface area contributed by atoms with Crippen molar-refractivity contribution in [2.45, 2.75) is 18.9 Å². The van der Waals surface area contributed by atoms with Crippen molar-refractivity contribution < 1.29 is 27.5 Å². The molecule has 1 saturated heterocycles. The molecule has 144 valence electrons. The van der Waals surface area contributed by atoms with Crippen molar-refractivity contribution in [3.05, 3.63) is 28.2 Å². The Hall–Kier alpha value is -1.51. The first-order valence-electron chi connectivity index (χ1n) is 7.89. The van der Waals surface area contributed by atoms with Crippen LogP contribution in [0.1, 0.15) is 12.8 Å². The summed E-state index contributed by atoms with van der Waals surface area (Å²) in [5.41, 5.74) is 0. The predicted molar refractivity (Wildman–Crippen MR) is 97.4 cm³/mol. The number of halogens is 2. The number of carbonyl (C=O) groups is 2. The van der Waals surface area contributed by atoms with Gasteiger partial charge in [-0.2, -0.15) is 0 Å². The van der Waals surface area contributed by atoms with E-state index in [1.54, 1.807) is 18.2 Å². The largest absolute Gasteiger partial charge is 0.492 e. The van der Waals surface area contributed by atoms with Gasteiger partial charge in [-0.05, 0) is 24.6 Å². The lowest BCUT2D eigenvalue weighted by atomic mass is 10.2. The molecular weight excluding hydrogens is 405 g/mol. The molecule has 1 amide bonds. The standard InChI is InChI=1S/C16H19Cl2NO6S/c1-24-16(21)13-10-26(22,23)8-6-19(13)15(20)3-2-7-25-14-5-4-11(17)9-12(14)18/h4-5,9,13H,2-3,6-8,10H2,1H3/t13-/m1/s1. The number of nitrogens with zero attached hydrogens (tertiary/aromatic N) is 1. The minimum absolute atomic E-state index is 0.0230. The average Bonchev–Trinajstić information content (AvgIpc) is 2.58. The highest BCUT2D eigenvalue weighted by molar-refractivity contribution is 7.91. The molecule has 10 heteroatoms. The number of amides is 1. The number of ether oxygens (including phenoxy) is 2. The van der Waals surface area contributed by atoms with Gasteiger partial charge < -0.3 is 14.4 Å². The smallest absolute Gasteiger partial charge is 0.329 e. The van der Waals surface area contributed by atoms with Crippen LogP contribution < -0.4 is 4.74 Å². The molecule has 0 radical (unpaired) electrons. The fourth-order valence-corrected chi connectivity index (χ4v) is 4.48. The third-order valence-corrected chi connectivity index (χ3v) is 6.07. The van der Waals surface area contributed by atoms with Crippen LogP contribution in [0.3, 0.4) is 0 Å². The Morgan fingerprint density at radius 3 is 2.69 bits per heavy atom. The summed E-state index contributed by atoms with van der Waals surface area (Å²) in [4.78, 5) is 25.5. The Kier molecular flexibility index (Phi) is 7.14. The molecule has 0 spiro atoms. The third kappa shape index (κ3) is 5.49. The van der Waals surface area contributed by atoms with Gasteiger partial charge in [-0.1, -0.05) is 23.2 Å². The van der Waals surface area contributed by atoms with Crippen molar-refractivity contribution in [2.75, 3.05) is 31.8 Å². The van der Waals surface area contributed by atoms with E-state index in [1.807, 2.05) is 0 Å². The highest BCUT2D eigenvalue weighted by Gasteiger charge is 2.38. The topological polar surface area (TPSA) is 90.0 Å². The van der Waals surface area contributed by atoms with E-state index in [0.29, 0.717) is 22.2 Å². The van der Waals surface area contributed by atoms with Crippen LogP contribution in [-0.4, -0.2) is 63.0 Å². The van der Waals surface area contributed by atoms with Crippen molar-refractivity contribution in [3.63, 3.8) is 0 Å². The molecule has 1 aromatic rings. The Labute approximate surface area is 162 Å². The quantitative estimate of drug-likeness (QED) is 0.512. The van der Waals surface area contributed by atoms with Gasteiger partial charge in [0.1, 0.15) is 11.8 Å². The summed E-state index contributed by atoms with van der Waals surface area (Å²) in [5, 5.41) is 0.863. The summed E-state index contributed by atoms with van der Waals surface area (Å²) in [6, 6.07) is 3.73. The molecule has 1 aromatic carbocycles. The highest BCUT2D eigenvalue weighted by Crippen LogP contribution is 2.27. The summed E-state index contributed by atoms with van der Waals surface area (Å²) in [6.45, 7) is 0.215. The second kappa shape index (κ2) is 8.92. The van der Waals surface area contributed by atoms with Gasteiger partial charge in [0.2, 0.25) is 5.91 Å². The van der Waals surface area contributed by atoms with Gasteiger partial charge in [0.15, 0.2) is 9.84 Å². The van der Waals surface area contributed by atoms with Crippen LogP contribution in [0.15, 0.2) is 18.2 Å². The summed E-state index contributed by atoms with van der Waals surface area (Å²) >= 11 is 11.8. The van der Waals surface area contributed by atoms with Gasteiger partial charge in [0, 0.05) is 18.0 Å². The van der Waals surface area contributed by atoms with Gasteiger partial charge in [-0.15, -0.1) is 0 Å². The van der Waals surface area contributed by atoms with Gasteiger partial charge in [0.05, 0.1) is 30.2 Å². The lowest BCUT2D eigenvalue weighted by Crippen LogP contribution is -2.55. The predicted octanol–water partition coefficient (Wildman–Crippen LogP) is 1.95. The maximum Gasteiger partial charge on any atom is 0.329 e. The summed E-state index contributed by atoms with van der Waals surface area (Å²) in [6.07, 6.45) is 0.494. The third-order valence-electron chi connectivity index (χ3n) is 3.91. The summed E-state index contributed by atoms with van der Waals surface area (Å²) < 4.78 is 33.6. The lowest BCUT2D eigenvalue weighted by Gasteiger charge is -2.33. The van der Waals surface area contributed by atoms with E-state index in [4.69, 9.17) is 27.9 Å². The zero-order valence-electron chi connectivity index (χ0n) is 14.1. The van der Waals surface area contributed by atoms with E-state index >= 15 is 0 Å². The molecule has 2 rings (SSSR count). The highest BCUT2D eigenvalue weighted by atomic mass is 35.5. The summed E-state index contributed by atoms with van der Waals surface area (Å²) in [5.74, 6) is -1.17. The van der Waals surface area contributed by atoms with Crippen LogP contribution >= 0.6 is 23.2 Å². The van der Waals surface area contributed by atoms with Crippen molar-refractivity contribution in [3.8, 4) is 5.75 Å². The molecule has 1 aliphatic heterocycles. The number of carbonyl (C=O) groups excluding carboxylic acids is 2. The number of benzene rings is 1. The van der Waals surface area contributed by atoms with Crippen LogP contribution in [0.25, 0.3) is 0 Å². The van der Waals surface area contributed by atoms with Crippen LogP contribution in [0.4, 0.5) is 0 Å². The fourth-order valence-electron chi connectivity index (χ4n) is 2.58. The van der Waals surface area contributed by atoms with E-state index in [2.05, 4.69) is 4.74 Å². The molecule has 1 atom stereocenters. The number of esters is 1.